The number of pyridine rings is 1. The highest BCUT2D eigenvalue weighted by molar-refractivity contribution is 9.10. The lowest BCUT2D eigenvalue weighted by Crippen LogP contribution is -2.03. The molecule has 20 heavy (non-hydrogen) atoms. The molecular weight excluding hydrogens is 318 g/mol. The third-order valence-corrected chi connectivity index (χ3v) is 3.53. The molecule has 3 rings (SSSR count). The Kier molecular flexibility index (Phi) is 3.71. The lowest BCUT2D eigenvalue weighted by molar-refractivity contribution is 0.299. The topological polar surface area (TPSA) is 52.5 Å². The quantitative estimate of drug-likeness (QED) is 0.799. The van der Waals surface area contributed by atoms with Crippen LogP contribution in [0.5, 0.6) is 5.75 Å². The van der Waals surface area contributed by atoms with E-state index in [1.54, 1.807) is 0 Å². The van der Waals surface area contributed by atoms with Gasteiger partial charge in [0.2, 0.25) is 0 Å². The van der Waals surface area contributed by atoms with Crippen molar-refractivity contribution < 1.29 is 4.74 Å². The van der Waals surface area contributed by atoms with Crippen molar-refractivity contribution in [2.45, 2.75) is 13.2 Å². The molecule has 0 spiro atoms. The molecule has 2 aromatic heterocycles. The first-order chi connectivity index (χ1) is 9.76. The van der Waals surface area contributed by atoms with Gasteiger partial charge in [0, 0.05) is 29.0 Å². The first-order valence-corrected chi connectivity index (χ1v) is 7.09. The third kappa shape index (κ3) is 2.69. The first kappa shape index (κ1) is 13.1. The molecule has 0 saturated carbocycles. The predicted molar refractivity (Wildman–Crippen MR) is 81.6 cm³/mol. The van der Waals surface area contributed by atoms with Crippen molar-refractivity contribution >= 4 is 21.6 Å². The van der Waals surface area contributed by atoms with Crippen LogP contribution < -0.4 is 10.5 Å². The molecule has 0 amide bonds. The largest absolute Gasteiger partial charge is 0.487 e. The average Bonchev–Trinajstić information content (AvgIpc) is 2.88. The molecule has 5 heteroatoms. The second-order valence-corrected chi connectivity index (χ2v) is 5.36. The second-order valence-electron chi connectivity index (χ2n) is 4.44. The molecule has 1 aromatic carbocycles. The summed E-state index contributed by atoms with van der Waals surface area (Å²) in [5.74, 6) is 0.799. The van der Waals surface area contributed by atoms with Gasteiger partial charge in [-0.05, 0) is 30.3 Å². The summed E-state index contributed by atoms with van der Waals surface area (Å²) in [6, 6.07) is 11.7. The van der Waals surface area contributed by atoms with E-state index in [0.717, 1.165) is 27.1 Å². The fraction of sp³-hybridized carbons (Fsp3) is 0.133. The van der Waals surface area contributed by atoms with Crippen LogP contribution >= 0.6 is 15.9 Å². The lowest BCUT2D eigenvalue weighted by atomic mass is 10.2. The Labute approximate surface area is 125 Å². The predicted octanol–water partition coefficient (Wildman–Crippen LogP) is 3.13. The highest BCUT2D eigenvalue weighted by Gasteiger charge is 2.06. The molecule has 0 radical (unpaired) electrons. The van der Waals surface area contributed by atoms with Crippen LogP contribution in [0, 0.1) is 0 Å². The maximum absolute atomic E-state index is 5.82. The van der Waals surface area contributed by atoms with E-state index < -0.39 is 0 Å². The number of hydrogen-bond acceptors (Lipinski definition) is 3. The maximum Gasteiger partial charge on any atom is 0.137 e. The van der Waals surface area contributed by atoms with Crippen LogP contribution in [0.1, 0.15) is 11.3 Å². The average molecular weight is 332 g/mol. The summed E-state index contributed by atoms with van der Waals surface area (Å²) in [5.41, 5.74) is 8.51. The molecule has 0 atom stereocenters. The maximum atomic E-state index is 5.82. The Hall–Kier alpha value is -1.85. The monoisotopic (exact) mass is 331 g/mol. The third-order valence-electron chi connectivity index (χ3n) is 3.03. The number of hydrogen-bond donors (Lipinski definition) is 1. The molecule has 2 N–H and O–H groups in total. The number of aromatic nitrogens is 2. The zero-order chi connectivity index (χ0) is 13.9. The van der Waals surface area contributed by atoms with E-state index in [9.17, 15) is 0 Å². The minimum atomic E-state index is 0.427. The van der Waals surface area contributed by atoms with Crippen molar-refractivity contribution in [3.8, 4) is 5.75 Å². The van der Waals surface area contributed by atoms with Crippen LogP contribution in [0.4, 0.5) is 0 Å². The minimum absolute atomic E-state index is 0.427. The van der Waals surface area contributed by atoms with Crippen molar-refractivity contribution in [2.24, 2.45) is 5.73 Å². The molecule has 0 saturated heterocycles. The van der Waals surface area contributed by atoms with E-state index >= 15 is 0 Å². The molecule has 0 bridgehead atoms. The van der Waals surface area contributed by atoms with Crippen LogP contribution in [-0.2, 0) is 13.2 Å². The number of imidazole rings is 1. The van der Waals surface area contributed by atoms with Gasteiger partial charge in [0.1, 0.15) is 18.0 Å². The van der Waals surface area contributed by atoms with Gasteiger partial charge in [-0.25, -0.2) is 4.98 Å². The van der Waals surface area contributed by atoms with E-state index in [1.165, 1.54) is 0 Å². The molecule has 102 valence electrons. The van der Waals surface area contributed by atoms with E-state index in [2.05, 4.69) is 20.9 Å². The van der Waals surface area contributed by atoms with Gasteiger partial charge >= 0.3 is 0 Å². The highest BCUT2D eigenvalue weighted by atomic mass is 79.9. The molecular formula is C15H14BrN3O. The van der Waals surface area contributed by atoms with Gasteiger partial charge in [0.25, 0.3) is 0 Å². The summed E-state index contributed by atoms with van der Waals surface area (Å²) >= 11 is 3.43. The van der Waals surface area contributed by atoms with Crippen molar-refractivity contribution in [3.63, 3.8) is 0 Å². The standard InChI is InChI=1S/C15H14BrN3O/c16-12-4-5-14(11(7-12)8-17)20-10-13-9-19-6-2-1-3-15(19)18-13/h1-7,9H,8,10,17H2. The fourth-order valence-electron chi connectivity index (χ4n) is 2.06. The Balaban J connectivity index is 1.79. The van der Waals surface area contributed by atoms with Crippen LogP contribution in [0.3, 0.4) is 0 Å². The zero-order valence-corrected chi connectivity index (χ0v) is 12.4. The van der Waals surface area contributed by atoms with Crippen molar-refractivity contribution in [1.29, 1.82) is 0 Å². The number of nitrogens with zero attached hydrogens (tertiary/aromatic N) is 2. The van der Waals surface area contributed by atoms with Gasteiger partial charge in [-0.2, -0.15) is 0 Å². The highest BCUT2D eigenvalue weighted by Crippen LogP contribution is 2.23. The molecule has 0 aliphatic carbocycles. The summed E-state index contributed by atoms with van der Waals surface area (Å²) in [7, 11) is 0. The zero-order valence-electron chi connectivity index (χ0n) is 10.8. The normalized spacial score (nSPS) is 10.9. The van der Waals surface area contributed by atoms with Gasteiger partial charge in [-0.3, -0.25) is 0 Å². The van der Waals surface area contributed by atoms with E-state index in [4.69, 9.17) is 10.5 Å². The fourth-order valence-corrected chi connectivity index (χ4v) is 2.47. The van der Waals surface area contributed by atoms with Gasteiger partial charge < -0.3 is 14.9 Å². The number of halogens is 1. The summed E-state index contributed by atoms with van der Waals surface area (Å²) in [5, 5.41) is 0. The molecule has 0 aliphatic rings. The number of benzene rings is 1. The Bertz CT molecular complexity index is 706. The van der Waals surface area contributed by atoms with Crippen LogP contribution in [0.2, 0.25) is 0 Å². The van der Waals surface area contributed by atoms with Crippen LogP contribution in [0.15, 0.2) is 53.3 Å². The number of nitrogens with two attached hydrogens (primary N) is 1. The summed E-state index contributed by atoms with van der Waals surface area (Å²) in [6.45, 7) is 0.871. The number of fused-ring (bicyclic) bond motifs is 1. The van der Waals surface area contributed by atoms with Gasteiger partial charge in [-0.1, -0.05) is 22.0 Å². The minimum Gasteiger partial charge on any atom is -0.487 e. The van der Waals surface area contributed by atoms with Crippen LogP contribution in [-0.4, -0.2) is 9.38 Å². The Morgan fingerprint density at radius 3 is 2.95 bits per heavy atom. The van der Waals surface area contributed by atoms with Gasteiger partial charge in [-0.15, -0.1) is 0 Å². The smallest absolute Gasteiger partial charge is 0.137 e. The SMILES string of the molecule is NCc1cc(Br)ccc1OCc1cn2ccccc2n1. The number of ether oxygens (including phenoxy) is 1. The van der Waals surface area contributed by atoms with E-state index in [0.29, 0.717) is 13.2 Å². The van der Waals surface area contributed by atoms with E-state index in [1.807, 2.05) is 53.2 Å². The Morgan fingerprint density at radius 1 is 1.25 bits per heavy atom. The van der Waals surface area contributed by atoms with Gasteiger partial charge in [0.05, 0.1) is 5.69 Å². The molecule has 0 aliphatic heterocycles. The lowest BCUT2D eigenvalue weighted by Gasteiger charge is -2.09. The van der Waals surface area contributed by atoms with Crippen molar-refractivity contribution in [3.05, 3.63) is 64.5 Å². The molecule has 0 unspecified atom stereocenters. The summed E-state index contributed by atoms with van der Waals surface area (Å²) < 4.78 is 8.80. The number of rotatable bonds is 4. The van der Waals surface area contributed by atoms with Crippen molar-refractivity contribution in [1.82, 2.24) is 9.38 Å². The van der Waals surface area contributed by atoms with E-state index in [-0.39, 0.29) is 0 Å². The first-order valence-electron chi connectivity index (χ1n) is 6.30. The summed E-state index contributed by atoms with van der Waals surface area (Å²) in [6.07, 6.45) is 3.94. The second kappa shape index (κ2) is 5.64. The molecule has 3 aromatic rings. The molecule has 0 fully saturated rings. The molecule has 2 heterocycles. The van der Waals surface area contributed by atoms with Crippen molar-refractivity contribution in [2.75, 3.05) is 0 Å². The summed E-state index contributed by atoms with van der Waals surface area (Å²) in [4.78, 5) is 4.50. The van der Waals surface area contributed by atoms with Crippen LogP contribution in [0.25, 0.3) is 5.65 Å². The Morgan fingerprint density at radius 2 is 2.15 bits per heavy atom. The molecule has 4 nitrogen and oxygen atoms in total. The van der Waals surface area contributed by atoms with Gasteiger partial charge in [0.15, 0.2) is 0 Å².